The Morgan fingerprint density at radius 3 is 2.61 bits per heavy atom. The molecule has 0 spiro atoms. The number of pyridine rings is 1. The maximum absolute atomic E-state index is 13.9. The van der Waals surface area contributed by atoms with Gasteiger partial charge in [0.1, 0.15) is 11.3 Å². The number of amides is 1. The number of methoxy groups -OCH3 is 1. The number of aryl methyl sites for hydroxylation is 3. The van der Waals surface area contributed by atoms with Crippen molar-refractivity contribution in [2.24, 2.45) is 0 Å². The molecule has 0 aliphatic carbocycles. The lowest BCUT2D eigenvalue weighted by atomic mass is 9.96. The van der Waals surface area contributed by atoms with Crippen LogP contribution < -0.4 is 14.4 Å². The number of benzene rings is 2. The molecule has 10 heteroatoms. The van der Waals surface area contributed by atoms with Gasteiger partial charge in [0.2, 0.25) is 0 Å². The molecule has 9 nitrogen and oxygen atoms in total. The number of aliphatic hydroxyl groups is 1. The van der Waals surface area contributed by atoms with Crippen LogP contribution in [0.1, 0.15) is 60.3 Å². The summed E-state index contributed by atoms with van der Waals surface area (Å²) in [6.45, 7) is 8.42. The third-order valence-electron chi connectivity index (χ3n) is 7.91. The van der Waals surface area contributed by atoms with Gasteiger partial charge in [0.15, 0.2) is 22.4 Å². The zero-order valence-corrected chi connectivity index (χ0v) is 26.2. The van der Waals surface area contributed by atoms with E-state index in [1.54, 1.807) is 42.8 Å². The SMILES string of the molecule is CCCCCOc1ccc(C2C(=C(O)c3c(C)nc4ccccn34)C(=O)C(=O)N2c2nc3c(C)cc(C)cc3s2)cc1OC. The molecule has 1 fully saturated rings. The number of hydrogen-bond donors (Lipinski definition) is 1. The molecule has 1 amide bonds. The van der Waals surface area contributed by atoms with Gasteiger partial charge < -0.3 is 14.6 Å². The highest BCUT2D eigenvalue weighted by molar-refractivity contribution is 7.22. The third kappa shape index (κ3) is 4.98. The Morgan fingerprint density at radius 2 is 1.84 bits per heavy atom. The molecule has 1 aliphatic rings. The molecular weight excluding hydrogens is 576 g/mol. The molecule has 1 unspecified atom stereocenters. The average Bonchev–Trinajstić information content (AvgIpc) is 3.66. The number of rotatable bonds is 9. The predicted octanol–water partition coefficient (Wildman–Crippen LogP) is 7.07. The van der Waals surface area contributed by atoms with Gasteiger partial charge in [-0.25, -0.2) is 9.97 Å². The lowest BCUT2D eigenvalue weighted by Gasteiger charge is -2.24. The number of unbranched alkanes of at least 4 members (excludes halogenated alkanes) is 2. The first-order valence-electron chi connectivity index (χ1n) is 14.7. The van der Waals surface area contributed by atoms with E-state index in [-0.39, 0.29) is 11.3 Å². The summed E-state index contributed by atoms with van der Waals surface area (Å²) in [5, 5.41) is 12.3. The molecule has 3 aromatic heterocycles. The minimum Gasteiger partial charge on any atom is -0.505 e. The van der Waals surface area contributed by atoms with Gasteiger partial charge in [0, 0.05) is 6.20 Å². The van der Waals surface area contributed by atoms with E-state index in [0.29, 0.717) is 45.8 Å². The van der Waals surface area contributed by atoms with Gasteiger partial charge in [-0.05, 0) is 74.2 Å². The summed E-state index contributed by atoms with van der Waals surface area (Å²) < 4.78 is 14.3. The quantitative estimate of drug-likeness (QED) is 0.0823. The first-order valence-corrected chi connectivity index (χ1v) is 15.5. The summed E-state index contributed by atoms with van der Waals surface area (Å²) >= 11 is 1.34. The Labute approximate surface area is 259 Å². The number of nitrogens with zero attached hydrogens (tertiary/aromatic N) is 4. The van der Waals surface area contributed by atoms with Gasteiger partial charge in [-0.1, -0.05) is 49.3 Å². The molecule has 6 rings (SSSR count). The standard InChI is InChI=1S/C34H34N4O5S/c1-6-7-10-15-43-23-13-12-22(18-24(23)42-5)30-27(31(39)29-21(4)35-26-11-8-9-14-37(26)29)32(40)33(41)38(30)34-36-28-20(3)16-19(2)17-25(28)44-34/h8-9,11-14,16-18,30,39H,6-7,10,15H2,1-5H3. The van der Waals surface area contributed by atoms with E-state index >= 15 is 0 Å². The highest BCUT2D eigenvalue weighted by Gasteiger charge is 2.49. The van der Waals surface area contributed by atoms with Gasteiger partial charge in [0.05, 0.1) is 41.2 Å². The lowest BCUT2D eigenvalue weighted by molar-refractivity contribution is -0.132. The number of hydrogen-bond acceptors (Lipinski definition) is 8. The van der Waals surface area contributed by atoms with Crippen LogP contribution in [0.5, 0.6) is 11.5 Å². The van der Waals surface area contributed by atoms with Crippen molar-refractivity contribution in [3.8, 4) is 11.5 Å². The molecule has 0 bridgehead atoms. The number of ketones is 1. The second kappa shape index (κ2) is 11.8. The number of anilines is 1. The Balaban J connectivity index is 1.55. The number of aliphatic hydroxyl groups excluding tert-OH is 1. The van der Waals surface area contributed by atoms with Crippen LogP contribution in [-0.4, -0.2) is 44.9 Å². The monoisotopic (exact) mass is 610 g/mol. The van der Waals surface area contributed by atoms with Gasteiger partial charge in [-0.2, -0.15) is 0 Å². The van der Waals surface area contributed by atoms with Crippen LogP contribution >= 0.6 is 11.3 Å². The summed E-state index contributed by atoms with van der Waals surface area (Å²) in [5.41, 5.74) is 4.83. The average molecular weight is 611 g/mol. The molecule has 44 heavy (non-hydrogen) atoms. The summed E-state index contributed by atoms with van der Waals surface area (Å²) in [6.07, 6.45) is 4.81. The van der Waals surface area contributed by atoms with Gasteiger partial charge >= 0.3 is 5.91 Å². The van der Waals surface area contributed by atoms with Gasteiger partial charge in [-0.3, -0.25) is 18.9 Å². The Kier molecular flexibility index (Phi) is 7.85. The van der Waals surface area contributed by atoms with Crippen molar-refractivity contribution < 1.29 is 24.2 Å². The van der Waals surface area contributed by atoms with Crippen molar-refractivity contribution in [3.05, 3.63) is 88.4 Å². The summed E-state index contributed by atoms with van der Waals surface area (Å²) in [5.74, 6) is -0.850. The molecule has 0 saturated carbocycles. The molecule has 4 heterocycles. The molecular formula is C34H34N4O5S. The Bertz CT molecular complexity index is 1960. The molecule has 0 radical (unpaired) electrons. The number of carbonyl (C=O) groups excluding carboxylic acids is 2. The molecule has 1 atom stereocenters. The molecule has 2 aromatic carbocycles. The van der Waals surface area contributed by atoms with Crippen LogP contribution in [0.4, 0.5) is 5.13 Å². The van der Waals surface area contributed by atoms with Crippen molar-refractivity contribution in [2.45, 2.75) is 53.0 Å². The maximum Gasteiger partial charge on any atom is 0.301 e. The second-order valence-electron chi connectivity index (χ2n) is 11.0. The Hall–Kier alpha value is -4.70. The molecule has 1 saturated heterocycles. The Morgan fingerprint density at radius 1 is 1.02 bits per heavy atom. The van der Waals surface area contributed by atoms with Crippen LogP contribution in [0, 0.1) is 20.8 Å². The summed E-state index contributed by atoms with van der Waals surface area (Å²) in [4.78, 5) is 38.6. The molecule has 1 N–H and O–H groups in total. The van der Waals surface area contributed by atoms with Crippen molar-refractivity contribution in [2.75, 3.05) is 18.6 Å². The van der Waals surface area contributed by atoms with Crippen molar-refractivity contribution >= 4 is 49.8 Å². The lowest BCUT2D eigenvalue weighted by Crippen LogP contribution is -2.29. The highest BCUT2D eigenvalue weighted by Crippen LogP contribution is 2.46. The topological polar surface area (TPSA) is 106 Å². The van der Waals surface area contributed by atoms with Crippen LogP contribution in [-0.2, 0) is 9.59 Å². The normalized spacial score (nSPS) is 16.4. The minimum atomic E-state index is -0.978. The van der Waals surface area contributed by atoms with Crippen molar-refractivity contribution in [1.82, 2.24) is 14.4 Å². The van der Waals surface area contributed by atoms with Crippen molar-refractivity contribution in [1.29, 1.82) is 0 Å². The smallest absolute Gasteiger partial charge is 0.301 e. The number of fused-ring (bicyclic) bond motifs is 2. The number of Topliss-reactive ketones (excluding diaryl/α,β-unsaturated/α-hetero) is 1. The van der Waals surface area contributed by atoms with Gasteiger partial charge in [-0.15, -0.1) is 0 Å². The fourth-order valence-electron chi connectivity index (χ4n) is 5.84. The molecule has 226 valence electrons. The second-order valence-corrected chi connectivity index (χ2v) is 12.0. The van der Waals surface area contributed by atoms with E-state index in [0.717, 1.165) is 40.6 Å². The maximum atomic E-state index is 13.9. The number of imidazole rings is 1. The first kappa shape index (κ1) is 29.4. The first-order chi connectivity index (χ1) is 21.2. The van der Waals surface area contributed by atoms with E-state index in [2.05, 4.69) is 11.9 Å². The van der Waals surface area contributed by atoms with Crippen molar-refractivity contribution in [3.63, 3.8) is 0 Å². The van der Waals surface area contributed by atoms with E-state index < -0.39 is 17.7 Å². The predicted molar refractivity (Wildman–Crippen MR) is 172 cm³/mol. The number of carbonyl (C=O) groups is 2. The fourth-order valence-corrected chi connectivity index (χ4v) is 7.01. The fraction of sp³-hybridized carbons (Fsp3) is 0.294. The largest absolute Gasteiger partial charge is 0.505 e. The number of ether oxygens (including phenoxy) is 2. The highest BCUT2D eigenvalue weighted by atomic mass is 32.1. The minimum absolute atomic E-state index is 0.0467. The third-order valence-corrected chi connectivity index (χ3v) is 8.91. The van der Waals surface area contributed by atoms with Crippen LogP contribution in [0.2, 0.25) is 0 Å². The van der Waals surface area contributed by atoms with E-state index in [1.165, 1.54) is 16.2 Å². The van der Waals surface area contributed by atoms with E-state index in [1.807, 2.05) is 44.2 Å². The molecule has 5 aromatic rings. The van der Waals surface area contributed by atoms with Crippen LogP contribution in [0.25, 0.3) is 21.6 Å². The summed E-state index contributed by atoms with van der Waals surface area (Å²) in [6, 6.07) is 13.9. The summed E-state index contributed by atoms with van der Waals surface area (Å²) in [7, 11) is 1.55. The number of thiazole rings is 1. The van der Waals surface area contributed by atoms with Crippen LogP contribution in [0.3, 0.4) is 0 Å². The molecule has 1 aliphatic heterocycles. The number of aromatic nitrogens is 3. The van der Waals surface area contributed by atoms with E-state index in [9.17, 15) is 14.7 Å². The van der Waals surface area contributed by atoms with Crippen LogP contribution in [0.15, 0.2) is 60.3 Å². The zero-order chi connectivity index (χ0) is 31.1. The van der Waals surface area contributed by atoms with Gasteiger partial charge in [0.25, 0.3) is 5.78 Å². The van der Waals surface area contributed by atoms with E-state index in [4.69, 9.17) is 14.5 Å². The zero-order valence-electron chi connectivity index (χ0n) is 25.4.